The quantitative estimate of drug-likeness (QED) is 0.777. The topological polar surface area (TPSA) is 62.7 Å². The van der Waals surface area contributed by atoms with E-state index in [0.29, 0.717) is 12.1 Å². The number of nitrogens with one attached hydrogen (secondary N) is 2. The number of hydrogen-bond acceptors (Lipinski definition) is 2. The van der Waals surface area contributed by atoms with E-state index in [1.165, 1.54) is 0 Å². The van der Waals surface area contributed by atoms with Gasteiger partial charge in [-0.25, -0.2) is 0 Å². The number of amides is 1. The van der Waals surface area contributed by atoms with E-state index in [4.69, 9.17) is 0 Å². The van der Waals surface area contributed by atoms with Crippen LogP contribution in [0.3, 0.4) is 0 Å². The van der Waals surface area contributed by atoms with Crippen LogP contribution in [0.2, 0.25) is 0 Å². The molecule has 5 nitrogen and oxygen atoms in total. The van der Waals surface area contributed by atoms with Gasteiger partial charge in [0.2, 0.25) is 0 Å². The first-order valence-electron chi connectivity index (χ1n) is 7.42. The van der Waals surface area contributed by atoms with E-state index >= 15 is 0 Å². The monoisotopic (exact) mass is 296 g/mol. The molecule has 22 heavy (non-hydrogen) atoms. The lowest BCUT2D eigenvalue weighted by Crippen LogP contribution is -2.36. The van der Waals surface area contributed by atoms with Gasteiger partial charge in [-0.05, 0) is 50.4 Å². The van der Waals surface area contributed by atoms with Gasteiger partial charge in [-0.3, -0.25) is 9.48 Å². The number of fused-ring (bicyclic) bond motifs is 1. The van der Waals surface area contributed by atoms with E-state index in [1.54, 1.807) is 0 Å². The Morgan fingerprint density at radius 3 is 2.86 bits per heavy atom. The Kier molecular flexibility index (Phi) is 3.71. The second-order valence-corrected chi connectivity index (χ2v) is 5.76. The SMILES string of the molecule is Cc1cc(C)n(C[C@H](C)NC(=O)c2ccc3cc[nH]c3c2)n1. The molecule has 1 aromatic carbocycles. The number of aromatic amines is 1. The zero-order valence-corrected chi connectivity index (χ0v) is 13.1. The molecule has 2 heterocycles. The van der Waals surface area contributed by atoms with Crippen LogP contribution in [0.5, 0.6) is 0 Å². The molecule has 3 aromatic rings. The number of nitrogens with zero attached hydrogens (tertiary/aromatic N) is 2. The molecule has 0 saturated heterocycles. The zero-order valence-electron chi connectivity index (χ0n) is 13.1. The van der Waals surface area contributed by atoms with Crippen LogP contribution in [0.25, 0.3) is 10.9 Å². The Hall–Kier alpha value is -2.56. The largest absolute Gasteiger partial charge is 0.361 e. The van der Waals surface area contributed by atoms with Crippen LogP contribution >= 0.6 is 0 Å². The Morgan fingerprint density at radius 1 is 1.32 bits per heavy atom. The molecular weight excluding hydrogens is 276 g/mol. The molecule has 0 aliphatic heterocycles. The molecule has 0 bridgehead atoms. The fraction of sp³-hybridized carbons (Fsp3) is 0.294. The van der Waals surface area contributed by atoms with Gasteiger partial charge in [0.1, 0.15) is 0 Å². The first-order chi connectivity index (χ1) is 10.5. The van der Waals surface area contributed by atoms with Crippen molar-refractivity contribution >= 4 is 16.8 Å². The third kappa shape index (κ3) is 2.88. The number of rotatable bonds is 4. The molecule has 0 aliphatic carbocycles. The van der Waals surface area contributed by atoms with Crippen molar-refractivity contribution in [1.82, 2.24) is 20.1 Å². The second-order valence-electron chi connectivity index (χ2n) is 5.76. The maximum Gasteiger partial charge on any atom is 0.251 e. The van der Waals surface area contributed by atoms with Crippen molar-refractivity contribution in [1.29, 1.82) is 0 Å². The average Bonchev–Trinajstić information content (AvgIpc) is 3.04. The van der Waals surface area contributed by atoms with Gasteiger partial charge in [0, 0.05) is 29.0 Å². The Balaban J connectivity index is 1.68. The van der Waals surface area contributed by atoms with Crippen LogP contribution in [0.4, 0.5) is 0 Å². The molecular formula is C17H20N4O. The Bertz CT molecular complexity index is 815. The van der Waals surface area contributed by atoms with Crippen LogP contribution in [-0.4, -0.2) is 26.7 Å². The molecule has 0 aliphatic rings. The molecule has 0 spiro atoms. The molecule has 3 rings (SSSR count). The summed E-state index contributed by atoms with van der Waals surface area (Å²) >= 11 is 0. The molecule has 0 radical (unpaired) electrons. The van der Waals surface area contributed by atoms with Crippen molar-refractivity contribution < 1.29 is 4.79 Å². The molecule has 2 N–H and O–H groups in total. The van der Waals surface area contributed by atoms with Gasteiger partial charge >= 0.3 is 0 Å². The highest BCUT2D eigenvalue weighted by molar-refractivity contribution is 5.98. The maximum absolute atomic E-state index is 12.3. The normalized spacial score (nSPS) is 12.5. The first-order valence-corrected chi connectivity index (χ1v) is 7.42. The van der Waals surface area contributed by atoms with E-state index in [9.17, 15) is 4.79 Å². The molecule has 5 heteroatoms. The third-order valence-electron chi connectivity index (χ3n) is 3.74. The summed E-state index contributed by atoms with van der Waals surface area (Å²) in [4.78, 5) is 15.5. The summed E-state index contributed by atoms with van der Waals surface area (Å²) in [6.45, 7) is 6.64. The van der Waals surface area contributed by atoms with Crippen molar-refractivity contribution in [3.8, 4) is 0 Å². The van der Waals surface area contributed by atoms with Gasteiger partial charge in [-0.1, -0.05) is 6.07 Å². The van der Waals surface area contributed by atoms with Crippen LogP contribution in [0, 0.1) is 13.8 Å². The molecule has 1 amide bonds. The lowest BCUT2D eigenvalue weighted by molar-refractivity contribution is 0.0936. The summed E-state index contributed by atoms with van der Waals surface area (Å²) in [5.74, 6) is -0.0643. The molecule has 0 fully saturated rings. The standard InChI is InChI=1S/C17H20N4O/c1-11-8-13(3)21(20-11)10-12(2)19-17(22)15-5-4-14-6-7-18-16(14)9-15/h4-9,12,18H,10H2,1-3H3,(H,19,22)/t12-/m0/s1. The van der Waals surface area contributed by atoms with Gasteiger partial charge in [-0.15, -0.1) is 0 Å². The summed E-state index contributed by atoms with van der Waals surface area (Å²) < 4.78 is 1.93. The summed E-state index contributed by atoms with van der Waals surface area (Å²) in [5, 5.41) is 8.55. The van der Waals surface area contributed by atoms with E-state index < -0.39 is 0 Å². The fourth-order valence-electron chi connectivity index (χ4n) is 2.66. The summed E-state index contributed by atoms with van der Waals surface area (Å²) in [5.41, 5.74) is 3.73. The van der Waals surface area contributed by atoms with E-state index in [-0.39, 0.29) is 11.9 Å². The number of benzene rings is 1. The fourth-order valence-corrected chi connectivity index (χ4v) is 2.66. The predicted molar refractivity (Wildman–Crippen MR) is 86.9 cm³/mol. The predicted octanol–water partition coefficient (Wildman–Crippen LogP) is 2.80. The minimum atomic E-state index is -0.0643. The van der Waals surface area contributed by atoms with Gasteiger partial charge in [0.05, 0.1) is 12.2 Å². The van der Waals surface area contributed by atoms with Gasteiger partial charge in [0.15, 0.2) is 0 Å². The first kappa shape index (κ1) is 14.4. The number of carbonyl (C=O) groups is 1. The van der Waals surface area contributed by atoms with Crippen molar-refractivity contribution in [2.75, 3.05) is 0 Å². The van der Waals surface area contributed by atoms with Gasteiger partial charge in [0.25, 0.3) is 5.91 Å². The van der Waals surface area contributed by atoms with Crippen molar-refractivity contribution in [3.05, 3.63) is 53.5 Å². The van der Waals surface area contributed by atoms with Gasteiger partial charge < -0.3 is 10.3 Å². The van der Waals surface area contributed by atoms with E-state index in [0.717, 1.165) is 22.3 Å². The third-order valence-corrected chi connectivity index (χ3v) is 3.74. The van der Waals surface area contributed by atoms with Crippen molar-refractivity contribution in [2.45, 2.75) is 33.4 Å². The highest BCUT2D eigenvalue weighted by Crippen LogP contribution is 2.14. The molecule has 114 valence electrons. The Morgan fingerprint density at radius 2 is 2.14 bits per heavy atom. The molecule has 2 aromatic heterocycles. The number of H-pyrrole nitrogens is 1. The van der Waals surface area contributed by atoms with Gasteiger partial charge in [-0.2, -0.15) is 5.10 Å². The zero-order chi connectivity index (χ0) is 15.7. The van der Waals surface area contributed by atoms with E-state index in [1.807, 2.05) is 62.0 Å². The summed E-state index contributed by atoms with van der Waals surface area (Å²) in [6, 6.07) is 9.70. The number of aryl methyl sites for hydroxylation is 2. The van der Waals surface area contributed by atoms with E-state index in [2.05, 4.69) is 15.4 Å². The maximum atomic E-state index is 12.3. The summed E-state index contributed by atoms with van der Waals surface area (Å²) in [6.07, 6.45) is 1.87. The highest BCUT2D eigenvalue weighted by Gasteiger charge is 2.12. The minimum Gasteiger partial charge on any atom is -0.361 e. The van der Waals surface area contributed by atoms with Crippen molar-refractivity contribution in [3.63, 3.8) is 0 Å². The smallest absolute Gasteiger partial charge is 0.251 e. The second kappa shape index (κ2) is 5.67. The Labute approximate surface area is 129 Å². The minimum absolute atomic E-state index is 0.00448. The average molecular weight is 296 g/mol. The number of carbonyl (C=O) groups excluding carboxylic acids is 1. The van der Waals surface area contributed by atoms with Crippen LogP contribution in [0.1, 0.15) is 28.7 Å². The van der Waals surface area contributed by atoms with Crippen LogP contribution in [0.15, 0.2) is 36.5 Å². The lowest BCUT2D eigenvalue weighted by atomic mass is 10.1. The molecule has 0 unspecified atom stereocenters. The number of aromatic nitrogens is 3. The highest BCUT2D eigenvalue weighted by atomic mass is 16.1. The lowest BCUT2D eigenvalue weighted by Gasteiger charge is -2.15. The van der Waals surface area contributed by atoms with Crippen molar-refractivity contribution in [2.24, 2.45) is 0 Å². The summed E-state index contributed by atoms with van der Waals surface area (Å²) in [7, 11) is 0. The van der Waals surface area contributed by atoms with Crippen LogP contribution in [-0.2, 0) is 6.54 Å². The molecule has 1 atom stereocenters. The number of hydrogen-bond donors (Lipinski definition) is 2. The van der Waals surface area contributed by atoms with Crippen LogP contribution < -0.4 is 5.32 Å². The molecule has 0 saturated carbocycles.